The third kappa shape index (κ3) is 3.78. The molecule has 0 radical (unpaired) electrons. The highest BCUT2D eigenvalue weighted by Gasteiger charge is 2.27. The minimum Gasteiger partial charge on any atom is -0.477 e. The van der Waals surface area contributed by atoms with E-state index in [-0.39, 0.29) is 11.8 Å². The molecule has 0 aromatic carbocycles. The van der Waals surface area contributed by atoms with Gasteiger partial charge in [-0.2, -0.15) is 5.10 Å². The number of carbonyl (C=O) groups is 2. The maximum atomic E-state index is 12.2. The summed E-state index contributed by atoms with van der Waals surface area (Å²) in [6.45, 7) is 6.43. The Kier molecular flexibility index (Phi) is 4.20. The molecule has 3 rings (SSSR count). The molecule has 2 aromatic heterocycles. The highest BCUT2D eigenvalue weighted by Crippen LogP contribution is 2.21. The van der Waals surface area contributed by atoms with E-state index in [1.807, 2.05) is 20.8 Å². The molecule has 0 fully saturated rings. The van der Waals surface area contributed by atoms with Gasteiger partial charge in [-0.15, -0.1) is 0 Å². The maximum Gasteiger partial charge on any atom is 0.410 e. The molecule has 8 heteroatoms. The number of fused-ring (bicyclic) bond motifs is 1. The summed E-state index contributed by atoms with van der Waals surface area (Å²) in [6, 6.07) is 4.75. The zero-order valence-corrected chi connectivity index (χ0v) is 14.4. The van der Waals surface area contributed by atoms with Crippen molar-refractivity contribution in [1.82, 2.24) is 19.7 Å². The Bertz CT molecular complexity index is 822. The molecular weight excluding hydrogens is 324 g/mol. The number of pyridine rings is 1. The summed E-state index contributed by atoms with van der Waals surface area (Å²) < 4.78 is 6.96. The predicted molar refractivity (Wildman–Crippen MR) is 88.7 cm³/mol. The van der Waals surface area contributed by atoms with Gasteiger partial charge in [0.2, 0.25) is 0 Å². The van der Waals surface area contributed by atoms with E-state index in [0.717, 1.165) is 11.3 Å². The van der Waals surface area contributed by atoms with Crippen molar-refractivity contribution in [2.45, 2.75) is 39.3 Å². The Morgan fingerprint density at radius 3 is 2.72 bits per heavy atom. The zero-order chi connectivity index (χ0) is 18.2. The van der Waals surface area contributed by atoms with Gasteiger partial charge in [0, 0.05) is 24.7 Å². The van der Waals surface area contributed by atoms with Gasteiger partial charge >= 0.3 is 12.1 Å². The average Bonchev–Trinajstić information content (AvgIpc) is 2.96. The Hall–Kier alpha value is -2.90. The van der Waals surface area contributed by atoms with E-state index in [1.54, 1.807) is 27.9 Å². The zero-order valence-electron chi connectivity index (χ0n) is 14.4. The first-order valence-electron chi connectivity index (χ1n) is 7.99. The van der Waals surface area contributed by atoms with E-state index in [2.05, 4.69) is 10.1 Å². The van der Waals surface area contributed by atoms with Crippen LogP contribution in [0.15, 0.2) is 24.4 Å². The quantitative estimate of drug-likeness (QED) is 0.897. The van der Waals surface area contributed by atoms with Crippen LogP contribution >= 0.6 is 0 Å². The second kappa shape index (κ2) is 6.19. The highest BCUT2D eigenvalue weighted by atomic mass is 16.6. The van der Waals surface area contributed by atoms with Crippen LogP contribution in [0.3, 0.4) is 0 Å². The fourth-order valence-electron chi connectivity index (χ4n) is 2.58. The largest absolute Gasteiger partial charge is 0.477 e. The van der Waals surface area contributed by atoms with Gasteiger partial charge in [-0.25, -0.2) is 19.3 Å². The van der Waals surface area contributed by atoms with Crippen LogP contribution < -0.4 is 0 Å². The van der Waals surface area contributed by atoms with Crippen molar-refractivity contribution >= 4 is 12.1 Å². The van der Waals surface area contributed by atoms with Crippen molar-refractivity contribution in [2.24, 2.45) is 0 Å². The van der Waals surface area contributed by atoms with Crippen LogP contribution in [0, 0.1) is 0 Å². The van der Waals surface area contributed by atoms with Crippen molar-refractivity contribution in [3.8, 4) is 5.82 Å². The molecule has 0 bridgehead atoms. The Labute approximate surface area is 145 Å². The molecule has 132 valence electrons. The first kappa shape index (κ1) is 16.9. The molecule has 0 aliphatic carbocycles. The highest BCUT2D eigenvalue weighted by molar-refractivity contribution is 5.85. The average molecular weight is 344 g/mol. The molecule has 8 nitrogen and oxygen atoms in total. The number of ether oxygens (including phenoxy) is 1. The summed E-state index contributed by atoms with van der Waals surface area (Å²) in [5, 5.41) is 13.5. The Balaban J connectivity index is 1.80. The third-order valence-corrected chi connectivity index (χ3v) is 3.70. The predicted octanol–water partition coefficient (Wildman–Crippen LogP) is 2.26. The number of hydrogen-bond donors (Lipinski definition) is 1. The molecule has 0 saturated carbocycles. The number of hydrogen-bond acceptors (Lipinski definition) is 5. The van der Waals surface area contributed by atoms with E-state index >= 15 is 0 Å². The number of carbonyl (C=O) groups excluding carboxylic acids is 1. The van der Waals surface area contributed by atoms with E-state index < -0.39 is 11.6 Å². The number of rotatable bonds is 2. The fraction of sp³-hybridized carbons (Fsp3) is 0.412. The molecule has 0 spiro atoms. The molecule has 1 aliphatic rings. The summed E-state index contributed by atoms with van der Waals surface area (Å²) >= 11 is 0. The number of aromatic carboxylic acids is 1. The first-order valence-corrected chi connectivity index (χ1v) is 7.99. The fourth-order valence-corrected chi connectivity index (χ4v) is 2.58. The molecule has 1 aliphatic heterocycles. The topological polar surface area (TPSA) is 97.6 Å². The molecule has 2 aromatic rings. The van der Waals surface area contributed by atoms with Crippen LogP contribution in [-0.2, 0) is 17.7 Å². The van der Waals surface area contributed by atoms with Crippen LogP contribution in [0.4, 0.5) is 4.79 Å². The third-order valence-electron chi connectivity index (χ3n) is 3.70. The number of aromatic nitrogens is 3. The standard InChI is InChI=1S/C17H20N4O4/c1-17(2,3)25-16(24)20-8-7-12-11(9-20)10-21(19-12)14-6-4-5-13(18-14)15(22)23/h4-6,10H,7-9H2,1-3H3,(H,22,23). The van der Waals surface area contributed by atoms with Crippen molar-refractivity contribution in [2.75, 3.05) is 6.54 Å². The summed E-state index contributed by atoms with van der Waals surface area (Å²) in [6.07, 6.45) is 2.04. The lowest BCUT2D eigenvalue weighted by Gasteiger charge is -2.29. The van der Waals surface area contributed by atoms with Gasteiger partial charge in [-0.3, -0.25) is 0 Å². The van der Waals surface area contributed by atoms with E-state index in [0.29, 0.717) is 25.3 Å². The molecule has 0 saturated heterocycles. The van der Waals surface area contributed by atoms with Crippen molar-refractivity contribution < 1.29 is 19.4 Å². The second-order valence-electron chi connectivity index (χ2n) is 6.88. The normalized spacial score (nSPS) is 14.1. The van der Waals surface area contributed by atoms with Gasteiger partial charge in [0.05, 0.1) is 12.2 Å². The Morgan fingerprint density at radius 2 is 2.04 bits per heavy atom. The van der Waals surface area contributed by atoms with Crippen LogP contribution in [0.2, 0.25) is 0 Å². The Morgan fingerprint density at radius 1 is 1.28 bits per heavy atom. The molecule has 25 heavy (non-hydrogen) atoms. The van der Waals surface area contributed by atoms with Gasteiger partial charge in [0.1, 0.15) is 5.60 Å². The molecule has 1 amide bonds. The van der Waals surface area contributed by atoms with Gasteiger partial charge in [-0.05, 0) is 32.9 Å². The van der Waals surface area contributed by atoms with Crippen molar-refractivity contribution in [3.05, 3.63) is 41.3 Å². The van der Waals surface area contributed by atoms with E-state index in [9.17, 15) is 9.59 Å². The smallest absolute Gasteiger partial charge is 0.410 e. The van der Waals surface area contributed by atoms with Crippen LogP contribution in [0.5, 0.6) is 0 Å². The molecule has 0 atom stereocenters. The SMILES string of the molecule is CC(C)(C)OC(=O)N1CCc2nn(-c3cccc(C(=O)O)n3)cc2C1. The number of carboxylic acid groups (broad SMARTS) is 1. The van der Waals surface area contributed by atoms with Crippen molar-refractivity contribution in [3.63, 3.8) is 0 Å². The summed E-state index contributed by atoms with van der Waals surface area (Å²) in [7, 11) is 0. The lowest BCUT2D eigenvalue weighted by atomic mass is 10.1. The van der Waals surface area contributed by atoms with Crippen LogP contribution in [0.1, 0.15) is 42.5 Å². The lowest BCUT2D eigenvalue weighted by molar-refractivity contribution is 0.0223. The van der Waals surface area contributed by atoms with Gasteiger partial charge in [0.25, 0.3) is 0 Å². The second-order valence-corrected chi connectivity index (χ2v) is 6.88. The van der Waals surface area contributed by atoms with Crippen LogP contribution in [-0.4, -0.2) is 49.0 Å². The first-order chi connectivity index (χ1) is 11.7. The molecule has 1 N–H and O–H groups in total. The maximum absolute atomic E-state index is 12.2. The summed E-state index contributed by atoms with van der Waals surface area (Å²) in [5.74, 6) is -0.659. The van der Waals surface area contributed by atoms with E-state index in [1.165, 1.54) is 6.07 Å². The summed E-state index contributed by atoms with van der Waals surface area (Å²) in [4.78, 5) is 29.0. The van der Waals surface area contributed by atoms with Crippen LogP contribution in [0.25, 0.3) is 5.82 Å². The number of nitrogens with zero attached hydrogens (tertiary/aromatic N) is 4. The number of carboxylic acids is 1. The molecular formula is C17H20N4O4. The minimum atomic E-state index is -1.09. The van der Waals surface area contributed by atoms with Gasteiger partial charge in [-0.1, -0.05) is 6.07 Å². The molecule has 0 unspecified atom stereocenters. The number of amides is 1. The minimum absolute atomic E-state index is 0.0404. The van der Waals surface area contributed by atoms with E-state index in [4.69, 9.17) is 9.84 Å². The lowest BCUT2D eigenvalue weighted by Crippen LogP contribution is -2.39. The monoisotopic (exact) mass is 344 g/mol. The van der Waals surface area contributed by atoms with Gasteiger partial charge < -0.3 is 14.7 Å². The summed E-state index contributed by atoms with van der Waals surface area (Å²) in [5.41, 5.74) is 1.20. The van der Waals surface area contributed by atoms with Crippen molar-refractivity contribution in [1.29, 1.82) is 0 Å². The molecule has 3 heterocycles. The van der Waals surface area contributed by atoms with Gasteiger partial charge in [0.15, 0.2) is 11.5 Å².